The van der Waals surface area contributed by atoms with Gasteiger partial charge in [0, 0.05) is 52.3 Å². The molecule has 10 atom stereocenters. The predicted octanol–water partition coefficient (Wildman–Crippen LogP) is 4.25. The smallest absolute Gasteiger partial charge is 0.411 e. The van der Waals surface area contributed by atoms with Crippen LogP contribution < -0.4 is 10.6 Å². The number of ether oxygens (including phenoxy) is 5. The summed E-state index contributed by atoms with van der Waals surface area (Å²) in [4.78, 5) is 49.5. The molecule has 8 unspecified atom stereocenters. The molecule has 64 heavy (non-hydrogen) atoms. The van der Waals surface area contributed by atoms with Crippen molar-refractivity contribution >= 4 is 71.9 Å². The lowest BCUT2D eigenvalue weighted by molar-refractivity contribution is -0.318. The van der Waals surface area contributed by atoms with E-state index in [1.54, 1.807) is 44.4 Å². The lowest BCUT2D eigenvalue weighted by Crippen LogP contribution is -2.68. The van der Waals surface area contributed by atoms with Crippen LogP contribution in [0.15, 0.2) is 65.5 Å². The van der Waals surface area contributed by atoms with Crippen molar-refractivity contribution in [2.24, 2.45) is 0 Å². The number of fused-ring (bicyclic) bond motifs is 3. The maximum Gasteiger partial charge on any atom is 0.411 e. The number of aliphatic hydroxyl groups is 2. The highest BCUT2D eigenvalue weighted by Gasteiger charge is 2.61. The lowest BCUT2D eigenvalue weighted by atomic mass is 9.82. The summed E-state index contributed by atoms with van der Waals surface area (Å²) in [6.07, 6.45) is 0.135. The third-order valence-corrected chi connectivity index (χ3v) is 13.7. The molecule has 2 aromatic heterocycles. The zero-order valence-corrected chi connectivity index (χ0v) is 39.1. The Bertz CT molecular complexity index is 2490. The highest BCUT2D eigenvalue weighted by atomic mass is 32.8. The van der Waals surface area contributed by atoms with Gasteiger partial charge in [-0.2, -0.15) is 0 Å². The Labute approximate surface area is 383 Å². The third-order valence-electron chi connectivity index (χ3n) is 11.2. The van der Waals surface area contributed by atoms with Gasteiger partial charge in [-0.15, -0.1) is 27.1 Å². The number of methoxy groups -OCH3 is 1. The van der Waals surface area contributed by atoms with Crippen molar-refractivity contribution in [3.63, 3.8) is 0 Å². The Balaban J connectivity index is 1.48. The molecule has 0 saturated carbocycles. The molecule has 18 heteroatoms. The van der Waals surface area contributed by atoms with Crippen molar-refractivity contribution in [3.05, 3.63) is 71.2 Å². The Morgan fingerprint density at radius 3 is 2.62 bits per heavy atom. The number of H-pyrrole nitrogens is 1. The first-order valence-corrected chi connectivity index (χ1v) is 24.7. The van der Waals surface area contributed by atoms with E-state index in [2.05, 4.69) is 44.3 Å². The van der Waals surface area contributed by atoms with E-state index in [4.69, 9.17) is 34.9 Å². The van der Waals surface area contributed by atoms with Crippen molar-refractivity contribution < 1.29 is 53.4 Å². The standard InChI is InChI=1S/C46H54N4O11S3/c1-8-9-10-11-12-13-35(37-30(19-21-64(7)62)33(52)23-34(53)39(37)50-45(56)57-5)60-44-41(61-36-17-14-27(24-58-36)48-25(2)3)43(55)46(63-6,26(4)59-44)42(54)40-38-29(18-20-47-40)31-22-28(51)15-16-32(31)49-38/h10-11,15-16,18-20,22,25-27,33,35-36,41,43-44,48-49,51-52,55H,14,17,21,23-24H2,1-7H3,(H,50,56)/b11-10-,30-19-/t26?,27?,33-,35-,36?,41?,43?,44?,46?,64?/m0/s1. The summed E-state index contributed by atoms with van der Waals surface area (Å²) in [6, 6.07) is 6.83. The average Bonchev–Trinajstić information content (AvgIpc) is 3.63. The zero-order valence-electron chi connectivity index (χ0n) is 36.6. The van der Waals surface area contributed by atoms with Crippen molar-refractivity contribution in [3.8, 4) is 29.4 Å². The molecule has 342 valence electrons. The monoisotopic (exact) mass is 934 g/mol. The number of amides is 1. The minimum absolute atomic E-state index is 0.0246. The number of nitrogens with zero attached hydrogens (tertiary/aromatic N) is 1. The number of phenolic OH excluding ortho intramolecular Hbond substituents is 1. The van der Waals surface area contributed by atoms with E-state index >= 15 is 4.79 Å². The maximum atomic E-state index is 15.2. The number of rotatable bonds is 13. The summed E-state index contributed by atoms with van der Waals surface area (Å²) < 4.78 is 29.4. The first kappa shape index (κ1) is 49.0. The number of pyridine rings is 1. The number of ketones is 2. The Kier molecular flexibility index (Phi) is 16.6. The highest BCUT2D eigenvalue weighted by molar-refractivity contribution is 8.28. The van der Waals surface area contributed by atoms with Crippen LogP contribution in [0, 0.1) is 23.7 Å². The van der Waals surface area contributed by atoms with E-state index in [-0.39, 0.29) is 46.8 Å². The second-order valence-corrected chi connectivity index (χ2v) is 20.1. The fourth-order valence-electron chi connectivity index (χ4n) is 8.23. The molecule has 6 N–H and O–H groups in total. The third kappa shape index (κ3) is 10.6. The molecule has 1 aromatic carbocycles. The number of aromatic hydroxyl groups is 1. The lowest BCUT2D eigenvalue weighted by Gasteiger charge is -2.50. The molecule has 1 aliphatic carbocycles. The number of Topliss-reactive ketones (excluding diaryl/α,β-unsaturated/α-hetero) is 2. The SMILES string of the molecule is CC#C/C=C\C#C[C@H](OC1OC(C)C(SC)(C(=O)c2nccc3c2[nH]c2ccc(O)cc23)C(O)C1OC1CCC(NC(C)C)CO1)C1=C(NC(=O)OC)C(=O)C[C@H](O)/C1=C/CS(C)=S. The van der Waals surface area contributed by atoms with E-state index in [0.717, 1.165) is 18.9 Å². The first-order chi connectivity index (χ1) is 30.6. The molecule has 3 aromatic rings. The number of carbonyl (C=O) groups is 3. The summed E-state index contributed by atoms with van der Waals surface area (Å²) in [5.41, 5.74) is 1.14. The molecule has 2 saturated heterocycles. The molecule has 15 nitrogen and oxygen atoms in total. The number of hydrogen-bond donors (Lipinski definition) is 6. The number of allylic oxidation sites excluding steroid dienone is 3. The number of carbonyl (C=O) groups excluding carboxylic acids is 3. The van der Waals surface area contributed by atoms with Crippen molar-refractivity contribution in [1.29, 1.82) is 0 Å². The van der Waals surface area contributed by atoms with Gasteiger partial charge in [0.05, 0.1) is 37.1 Å². The molecule has 2 aliphatic heterocycles. The first-order valence-electron chi connectivity index (χ1n) is 20.7. The van der Waals surface area contributed by atoms with Crippen molar-refractivity contribution in [2.45, 2.75) is 107 Å². The molecular weight excluding hydrogens is 881 g/mol. The minimum Gasteiger partial charge on any atom is -0.508 e. The van der Waals surface area contributed by atoms with Gasteiger partial charge in [0.25, 0.3) is 0 Å². The highest BCUT2D eigenvalue weighted by Crippen LogP contribution is 2.46. The largest absolute Gasteiger partial charge is 0.508 e. The fourth-order valence-corrected chi connectivity index (χ4v) is 9.89. The van der Waals surface area contributed by atoms with E-state index in [1.807, 2.05) is 20.1 Å². The number of aromatic nitrogens is 2. The number of aliphatic hydroxyl groups excluding tert-OH is 2. The molecular formula is C46H54N4O11S3. The Morgan fingerprint density at radius 1 is 1.19 bits per heavy atom. The maximum absolute atomic E-state index is 15.2. The quantitative estimate of drug-likeness (QED) is 0.105. The number of aromatic amines is 1. The van der Waals surface area contributed by atoms with Crippen LogP contribution in [0.5, 0.6) is 5.75 Å². The predicted molar refractivity (Wildman–Crippen MR) is 249 cm³/mol. The molecule has 6 rings (SSSR count). The molecule has 4 heterocycles. The summed E-state index contributed by atoms with van der Waals surface area (Å²) in [5.74, 6) is 10.7. The molecule has 3 aliphatic rings. The minimum atomic E-state index is -1.76. The molecule has 0 radical (unpaired) electrons. The molecule has 2 fully saturated rings. The van der Waals surface area contributed by atoms with Crippen LogP contribution in [-0.2, 0) is 49.1 Å². The van der Waals surface area contributed by atoms with Crippen LogP contribution in [0.1, 0.15) is 57.4 Å². The van der Waals surface area contributed by atoms with E-state index in [9.17, 15) is 24.9 Å². The summed E-state index contributed by atoms with van der Waals surface area (Å²) >= 11 is 6.55. The van der Waals surface area contributed by atoms with Crippen LogP contribution in [0.3, 0.4) is 0 Å². The number of alkyl carbamates (subject to hydrolysis) is 1. The molecule has 0 spiro atoms. The van der Waals surface area contributed by atoms with Gasteiger partial charge in [-0.3, -0.25) is 19.9 Å². The topological polar surface area (TPSA) is 211 Å². The van der Waals surface area contributed by atoms with E-state index in [1.165, 1.54) is 24.4 Å². The van der Waals surface area contributed by atoms with Crippen LogP contribution in [0.25, 0.3) is 21.8 Å². The number of thioether (sulfide) groups is 1. The van der Waals surface area contributed by atoms with Crippen LogP contribution in [-0.4, -0.2) is 135 Å². The molecule has 1 amide bonds. The second-order valence-electron chi connectivity index (χ2n) is 15.8. The average molecular weight is 935 g/mol. The summed E-state index contributed by atoms with van der Waals surface area (Å²) in [6.45, 7) is 7.68. The Hall–Kier alpha value is -4.44. The number of benzene rings is 1. The van der Waals surface area contributed by atoms with Gasteiger partial charge in [-0.05, 0) is 81.2 Å². The van der Waals surface area contributed by atoms with Gasteiger partial charge in [0.1, 0.15) is 34.5 Å². The van der Waals surface area contributed by atoms with Crippen molar-refractivity contribution in [1.82, 2.24) is 20.6 Å². The van der Waals surface area contributed by atoms with Gasteiger partial charge in [0.2, 0.25) is 5.78 Å². The number of phenols is 1. The van der Waals surface area contributed by atoms with Crippen LogP contribution in [0.4, 0.5) is 4.79 Å². The zero-order chi connectivity index (χ0) is 46.3. The second kappa shape index (κ2) is 21.7. The number of nitrogens with one attached hydrogen (secondary N) is 3. The van der Waals surface area contributed by atoms with Gasteiger partial charge in [-0.25, -0.2) is 4.79 Å². The van der Waals surface area contributed by atoms with Crippen LogP contribution >= 0.6 is 11.8 Å². The van der Waals surface area contributed by atoms with Crippen LogP contribution in [0.2, 0.25) is 0 Å². The Morgan fingerprint density at radius 2 is 1.95 bits per heavy atom. The molecule has 0 bridgehead atoms. The van der Waals surface area contributed by atoms with E-state index < -0.39 is 75.0 Å². The van der Waals surface area contributed by atoms with Gasteiger partial charge in [0.15, 0.2) is 18.4 Å². The van der Waals surface area contributed by atoms with E-state index in [0.29, 0.717) is 47.0 Å². The van der Waals surface area contributed by atoms with Gasteiger partial charge < -0.3 is 49.3 Å². The summed E-state index contributed by atoms with van der Waals surface area (Å²) in [5, 5.41) is 41.9. The van der Waals surface area contributed by atoms with Gasteiger partial charge in [-0.1, -0.05) is 48.9 Å². The van der Waals surface area contributed by atoms with Gasteiger partial charge >= 0.3 is 6.09 Å². The number of hydrogen-bond acceptors (Lipinski definition) is 15. The van der Waals surface area contributed by atoms with Crippen molar-refractivity contribution in [2.75, 3.05) is 32.0 Å². The normalized spacial score (nSPS) is 27.9. The summed E-state index contributed by atoms with van der Waals surface area (Å²) in [7, 11) is 0.593. The fraction of sp³-hybridized carbons (Fsp3) is 0.478.